The number of carbonyl (C=O) groups is 1. The van der Waals surface area contributed by atoms with Gasteiger partial charge < -0.3 is 29.3 Å². The summed E-state index contributed by atoms with van der Waals surface area (Å²) in [5.41, 5.74) is 2.31. The zero-order valence-electron chi connectivity index (χ0n) is 16.8. The first-order valence-corrected chi connectivity index (χ1v) is 10.1. The van der Waals surface area contributed by atoms with Gasteiger partial charge in [-0.25, -0.2) is 0 Å². The molecule has 0 radical (unpaired) electrons. The Morgan fingerprint density at radius 2 is 1.79 bits per heavy atom. The second kappa shape index (κ2) is 9.15. The van der Waals surface area contributed by atoms with Gasteiger partial charge in [0.15, 0.2) is 18.0 Å². The van der Waals surface area contributed by atoms with E-state index in [1.165, 1.54) is 10.5 Å². The summed E-state index contributed by atoms with van der Waals surface area (Å²) in [6.07, 6.45) is 0. The maximum absolute atomic E-state index is 12.3. The number of quaternary nitrogens is 2. The standard InChI is InChI=1S/C22H27N3O4/c1-27-19-4-2-3-17(11-19)13-23-22(26)15-25-9-7-24(8-10-25)14-18-5-6-20-21(12-18)29-16-28-20/h2-6,11-12H,7-10,13-16H2,1H3,(H,23,26)/p+2. The monoisotopic (exact) mass is 399 g/mol. The smallest absolute Gasteiger partial charge is 0.275 e. The van der Waals surface area contributed by atoms with Crippen LogP contribution < -0.4 is 29.3 Å². The minimum atomic E-state index is 0.0991. The van der Waals surface area contributed by atoms with Crippen molar-refractivity contribution in [2.24, 2.45) is 0 Å². The molecule has 0 unspecified atom stereocenters. The Hall–Kier alpha value is -2.77. The molecule has 3 N–H and O–H groups in total. The SMILES string of the molecule is COc1cccc(CNC(=O)C[NH+]2CC[NH+](Cc3ccc4c(c3)OCO4)CC2)c1. The molecule has 0 spiro atoms. The summed E-state index contributed by atoms with van der Waals surface area (Å²) in [6.45, 7) is 6.49. The van der Waals surface area contributed by atoms with Crippen LogP contribution in [0, 0.1) is 0 Å². The number of nitrogens with one attached hydrogen (secondary N) is 3. The topological polar surface area (TPSA) is 65.7 Å². The van der Waals surface area contributed by atoms with Gasteiger partial charge >= 0.3 is 0 Å². The Bertz CT molecular complexity index is 850. The van der Waals surface area contributed by atoms with Crippen molar-refractivity contribution in [3.8, 4) is 17.2 Å². The van der Waals surface area contributed by atoms with Crippen LogP contribution in [0.15, 0.2) is 42.5 Å². The number of fused-ring (bicyclic) bond motifs is 1. The molecule has 0 bridgehead atoms. The van der Waals surface area contributed by atoms with Crippen molar-refractivity contribution in [2.45, 2.75) is 13.1 Å². The maximum Gasteiger partial charge on any atom is 0.275 e. The molecule has 0 aromatic heterocycles. The Kier molecular flexibility index (Phi) is 6.17. The van der Waals surface area contributed by atoms with Crippen LogP contribution in [0.2, 0.25) is 0 Å². The van der Waals surface area contributed by atoms with E-state index >= 15 is 0 Å². The summed E-state index contributed by atoms with van der Waals surface area (Å²) < 4.78 is 16.1. The average Bonchev–Trinajstić information content (AvgIpc) is 3.22. The lowest BCUT2D eigenvalue weighted by Crippen LogP contribution is -3.28. The summed E-state index contributed by atoms with van der Waals surface area (Å²) in [5, 5.41) is 3.02. The number of benzene rings is 2. The molecule has 1 fully saturated rings. The molecule has 2 heterocycles. The second-order valence-electron chi connectivity index (χ2n) is 7.67. The van der Waals surface area contributed by atoms with Gasteiger partial charge in [-0.3, -0.25) is 4.79 Å². The summed E-state index contributed by atoms with van der Waals surface area (Å²) in [6, 6.07) is 14.0. The first-order chi connectivity index (χ1) is 14.2. The summed E-state index contributed by atoms with van der Waals surface area (Å²) >= 11 is 0. The van der Waals surface area contributed by atoms with E-state index in [1.54, 1.807) is 12.0 Å². The fourth-order valence-electron chi connectivity index (χ4n) is 3.92. The molecule has 7 heteroatoms. The van der Waals surface area contributed by atoms with E-state index in [2.05, 4.69) is 17.4 Å². The first kappa shape index (κ1) is 19.5. The van der Waals surface area contributed by atoms with Gasteiger partial charge in [0.2, 0.25) is 6.79 Å². The molecule has 29 heavy (non-hydrogen) atoms. The Labute approximate surface area is 171 Å². The number of ether oxygens (including phenoxy) is 3. The molecule has 154 valence electrons. The quantitative estimate of drug-likeness (QED) is 0.560. The molecule has 7 nitrogen and oxygen atoms in total. The van der Waals surface area contributed by atoms with Gasteiger partial charge in [-0.05, 0) is 35.9 Å². The van der Waals surface area contributed by atoms with Gasteiger partial charge in [0.05, 0.1) is 7.11 Å². The highest BCUT2D eigenvalue weighted by molar-refractivity contribution is 5.76. The van der Waals surface area contributed by atoms with E-state index in [4.69, 9.17) is 14.2 Å². The molecule has 1 saturated heterocycles. The minimum Gasteiger partial charge on any atom is -0.497 e. The van der Waals surface area contributed by atoms with Gasteiger partial charge in [-0.1, -0.05) is 12.1 Å². The van der Waals surface area contributed by atoms with Crippen molar-refractivity contribution >= 4 is 5.91 Å². The third-order valence-corrected chi connectivity index (χ3v) is 5.59. The van der Waals surface area contributed by atoms with Crippen LogP contribution in [0.25, 0.3) is 0 Å². The predicted molar refractivity (Wildman–Crippen MR) is 107 cm³/mol. The van der Waals surface area contributed by atoms with Crippen molar-refractivity contribution in [1.82, 2.24) is 5.32 Å². The molecule has 0 aliphatic carbocycles. The molecule has 2 aromatic rings. The number of piperazine rings is 1. The van der Waals surface area contributed by atoms with Crippen LogP contribution in [0.3, 0.4) is 0 Å². The number of amides is 1. The number of hydrogen-bond acceptors (Lipinski definition) is 4. The van der Waals surface area contributed by atoms with E-state index in [9.17, 15) is 4.79 Å². The maximum atomic E-state index is 12.3. The van der Waals surface area contributed by atoms with E-state index in [-0.39, 0.29) is 5.91 Å². The third-order valence-electron chi connectivity index (χ3n) is 5.59. The summed E-state index contributed by atoms with van der Waals surface area (Å²) in [5.74, 6) is 2.59. The van der Waals surface area contributed by atoms with Crippen LogP contribution in [0.5, 0.6) is 17.2 Å². The number of rotatable bonds is 7. The van der Waals surface area contributed by atoms with Crippen molar-refractivity contribution < 1.29 is 28.8 Å². The summed E-state index contributed by atoms with van der Waals surface area (Å²) in [4.78, 5) is 15.2. The molecule has 0 atom stereocenters. The first-order valence-electron chi connectivity index (χ1n) is 10.1. The van der Waals surface area contributed by atoms with E-state index in [0.29, 0.717) is 19.9 Å². The van der Waals surface area contributed by atoms with E-state index in [1.807, 2.05) is 30.3 Å². The van der Waals surface area contributed by atoms with E-state index < -0.39 is 0 Å². The summed E-state index contributed by atoms with van der Waals surface area (Å²) in [7, 11) is 1.65. The van der Waals surface area contributed by atoms with Gasteiger partial charge in [-0.2, -0.15) is 0 Å². The van der Waals surface area contributed by atoms with Crippen LogP contribution in [0.4, 0.5) is 0 Å². The normalized spacial score (nSPS) is 20.3. The Morgan fingerprint density at radius 3 is 2.62 bits per heavy atom. The van der Waals surface area contributed by atoms with Crippen molar-refractivity contribution in [3.63, 3.8) is 0 Å². The molecular formula is C22H29N3O4+2. The van der Waals surface area contributed by atoms with Gasteiger partial charge in [0.1, 0.15) is 38.5 Å². The molecule has 2 aromatic carbocycles. The third kappa shape index (κ3) is 5.19. The Morgan fingerprint density at radius 1 is 1.00 bits per heavy atom. The Balaban J connectivity index is 1.19. The zero-order chi connectivity index (χ0) is 20.1. The highest BCUT2D eigenvalue weighted by atomic mass is 16.7. The number of methoxy groups -OCH3 is 1. The molecular weight excluding hydrogens is 370 g/mol. The highest BCUT2D eigenvalue weighted by Gasteiger charge is 2.25. The molecule has 4 rings (SSSR count). The fourth-order valence-corrected chi connectivity index (χ4v) is 3.92. The average molecular weight is 399 g/mol. The largest absolute Gasteiger partial charge is 0.497 e. The van der Waals surface area contributed by atoms with Crippen LogP contribution in [-0.4, -0.2) is 52.5 Å². The fraction of sp³-hybridized carbons (Fsp3) is 0.409. The number of hydrogen-bond donors (Lipinski definition) is 3. The molecule has 0 saturated carbocycles. The van der Waals surface area contributed by atoms with Crippen molar-refractivity contribution in [1.29, 1.82) is 0 Å². The highest BCUT2D eigenvalue weighted by Crippen LogP contribution is 2.32. The lowest BCUT2D eigenvalue weighted by atomic mass is 10.1. The van der Waals surface area contributed by atoms with Crippen LogP contribution in [-0.2, 0) is 17.9 Å². The van der Waals surface area contributed by atoms with Crippen LogP contribution in [0.1, 0.15) is 11.1 Å². The molecule has 1 amide bonds. The number of carbonyl (C=O) groups excluding carboxylic acids is 1. The van der Waals surface area contributed by atoms with Crippen molar-refractivity contribution in [2.75, 3.05) is 46.6 Å². The second-order valence-corrected chi connectivity index (χ2v) is 7.67. The minimum absolute atomic E-state index is 0.0991. The van der Waals surface area contributed by atoms with Gasteiger partial charge in [-0.15, -0.1) is 0 Å². The van der Waals surface area contributed by atoms with E-state index in [0.717, 1.165) is 55.5 Å². The van der Waals surface area contributed by atoms with Gasteiger partial charge in [0, 0.05) is 12.1 Å². The molecule has 2 aliphatic heterocycles. The predicted octanol–water partition coefficient (Wildman–Crippen LogP) is -0.976. The van der Waals surface area contributed by atoms with Gasteiger partial charge in [0.25, 0.3) is 5.91 Å². The lowest BCUT2D eigenvalue weighted by Gasteiger charge is -2.29. The van der Waals surface area contributed by atoms with Crippen LogP contribution >= 0.6 is 0 Å². The molecule has 2 aliphatic rings. The van der Waals surface area contributed by atoms with Crippen molar-refractivity contribution in [3.05, 3.63) is 53.6 Å². The zero-order valence-corrected chi connectivity index (χ0v) is 16.8. The lowest BCUT2D eigenvalue weighted by molar-refractivity contribution is -1.02.